The molecule has 0 radical (unpaired) electrons. The molecule has 21 nitrogen and oxygen atoms in total. The van der Waals surface area contributed by atoms with E-state index >= 15 is 0 Å². The van der Waals surface area contributed by atoms with Gasteiger partial charge in [0.15, 0.2) is 34.7 Å². The molecule has 2 saturated heterocycles. The normalized spacial score (nSPS) is 22.6. The fraction of sp³-hybridized carbons (Fsp3) is 0.581. The van der Waals surface area contributed by atoms with Gasteiger partial charge in [0, 0.05) is 32.6 Å². The monoisotopic (exact) mass is 813 g/mol. The number of nitrogens with zero attached hydrogens (tertiary/aromatic N) is 7. The Morgan fingerprint density at radius 2 is 1.87 bits per heavy atom. The zero-order valence-electron chi connectivity index (χ0n) is 30.3. The molecule has 6 heterocycles. The molecule has 0 saturated carbocycles. The fourth-order valence-electron chi connectivity index (χ4n) is 6.17. The number of anilines is 1. The van der Waals surface area contributed by atoms with Gasteiger partial charge in [-0.25, -0.2) is 29.1 Å². The first-order chi connectivity index (χ1) is 26.2. The number of rotatable bonds is 15. The van der Waals surface area contributed by atoms with Crippen LogP contribution >= 0.6 is 16.5 Å². The van der Waals surface area contributed by atoms with Crippen LogP contribution in [-0.2, 0) is 41.7 Å². The Morgan fingerprint density at radius 1 is 1.09 bits per heavy atom. The van der Waals surface area contributed by atoms with E-state index < -0.39 is 70.3 Å². The van der Waals surface area contributed by atoms with Crippen molar-refractivity contribution < 1.29 is 55.8 Å². The van der Waals surface area contributed by atoms with Gasteiger partial charge in [-0.15, -0.1) is 0 Å². The van der Waals surface area contributed by atoms with Crippen LogP contribution in [0.4, 0.5) is 15.0 Å². The van der Waals surface area contributed by atoms with Crippen LogP contribution in [-0.4, -0.2) is 107 Å². The number of carbonyl (C=O) groups is 2. The van der Waals surface area contributed by atoms with Crippen molar-refractivity contribution in [2.75, 3.05) is 32.1 Å². The van der Waals surface area contributed by atoms with Gasteiger partial charge < -0.3 is 52.4 Å². The number of fused-ring (bicyclic) bond motifs is 2. The highest BCUT2D eigenvalue weighted by Crippen LogP contribution is 2.41. The number of carbonyl (C=O) groups excluding carboxylic acids is 2. The summed E-state index contributed by atoms with van der Waals surface area (Å²) >= 11 is 0. The van der Waals surface area contributed by atoms with Gasteiger partial charge in [-0.2, -0.15) is 0 Å². The van der Waals surface area contributed by atoms with Crippen molar-refractivity contribution in [2.24, 2.45) is 0 Å². The molecule has 4 aromatic rings. The van der Waals surface area contributed by atoms with Gasteiger partial charge in [-0.05, 0) is 40.0 Å². The predicted octanol–water partition coefficient (Wildman–Crippen LogP) is 3.44. The number of ether oxygens (including phenoxy) is 3. The van der Waals surface area contributed by atoms with E-state index in [2.05, 4.69) is 30.2 Å². The van der Waals surface area contributed by atoms with Crippen molar-refractivity contribution in [3.63, 3.8) is 0 Å². The first-order valence-electron chi connectivity index (χ1n) is 17.3. The average Bonchev–Trinajstić information content (AvgIpc) is 3.91. The highest BCUT2D eigenvalue weighted by Gasteiger charge is 2.40. The summed E-state index contributed by atoms with van der Waals surface area (Å²) in [6, 6.07) is 0. The summed E-state index contributed by atoms with van der Waals surface area (Å²) in [5.74, 6) is -0.963. The average molecular weight is 814 g/mol. The maximum Gasteiger partial charge on any atom is 0.410 e. The van der Waals surface area contributed by atoms with Gasteiger partial charge in [0.05, 0.1) is 38.1 Å². The Morgan fingerprint density at radius 3 is 2.64 bits per heavy atom. The van der Waals surface area contributed by atoms with Gasteiger partial charge in [0.2, 0.25) is 5.91 Å². The second-order valence-corrected chi connectivity index (χ2v) is 15.7. The van der Waals surface area contributed by atoms with E-state index in [9.17, 15) is 27.9 Å². The molecular weight excluding hydrogens is 771 g/mol. The van der Waals surface area contributed by atoms with Crippen molar-refractivity contribution in [1.82, 2.24) is 39.0 Å². The third-order valence-corrected chi connectivity index (χ3v) is 9.94. The van der Waals surface area contributed by atoms with E-state index in [0.717, 1.165) is 12.5 Å². The number of hydrogen-bond donors (Lipinski definition) is 3. The third-order valence-electron chi connectivity index (χ3n) is 8.63. The minimum absolute atomic E-state index is 0.0372. The van der Waals surface area contributed by atoms with Gasteiger partial charge in [0.25, 0.3) is 5.56 Å². The highest BCUT2D eigenvalue weighted by molar-refractivity contribution is 7.33. The van der Waals surface area contributed by atoms with Crippen molar-refractivity contribution in [2.45, 2.75) is 89.2 Å². The van der Waals surface area contributed by atoms with Crippen LogP contribution in [0.25, 0.3) is 22.2 Å². The van der Waals surface area contributed by atoms with E-state index in [1.165, 1.54) is 22.1 Å². The Balaban J connectivity index is 1.02. The van der Waals surface area contributed by atoms with Crippen molar-refractivity contribution in [3.8, 4) is 0 Å². The Kier molecular flexibility index (Phi) is 12.8. The maximum atomic E-state index is 14.8. The fourth-order valence-corrected chi connectivity index (χ4v) is 7.35. The van der Waals surface area contributed by atoms with Crippen LogP contribution in [0.5, 0.6) is 0 Å². The lowest BCUT2D eigenvalue weighted by atomic mass is 10.2. The van der Waals surface area contributed by atoms with Gasteiger partial charge in [0.1, 0.15) is 29.6 Å². The molecule has 2 aliphatic rings. The lowest BCUT2D eigenvalue weighted by Crippen LogP contribution is -2.35. The molecule has 0 aliphatic carbocycles. The highest BCUT2D eigenvalue weighted by atomic mass is 31.1. The Labute approximate surface area is 313 Å². The number of nitrogens with one attached hydrogen (secondary N) is 2. The van der Waals surface area contributed by atoms with Crippen LogP contribution in [0.2, 0.25) is 0 Å². The van der Waals surface area contributed by atoms with Crippen LogP contribution in [0.3, 0.4) is 0 Å². The summed E-state index contributed by atoms with van der Waals surface area (Å²) in [7, 11) is -4.89. The Hall–Kier alpha value is -4.14. The van der Waals surface area contributed by atoms with Crippen molar-refractivity contribution in [3.05, 3.63) is 41.3 Å². The molecule has 4 unspecified atom stereocenters. The number of imidazole rings is 1. The molecule has 2 aliphatic heterocycles. The second-order valence-electron chi connectivity index (χ2n) is 13.9. The van der Waals surface area contributed by atoms with E-state index in [1.807, 2.05) is 0 Å². The Bertz CT molecular complexity index is 2120. The molecule has 0 bridgehead atoms. The number of hydrogen-bond acceptors (Lipinski definition) is 15. The van der Waals surface area contributed by atoms with Crippen molar-refractivity contribution >= 4 is 56.5 Å². The summed E-state index contributed by atoms with van der Waals surface area (Å²) in [6.07, 6.45) is 2.13. The quantitative estimate of drug-likeness (QED) is 0.145. The number of aromatic nitrogens is 7. The molecule has 4 aromatic heterocycles. The molecule has 6 rings (SSSR count). The van der Waals surface area contributed by atoms with Crippen LogP contribution < -0.4 is 10.9 Å². The molecule has 0 spiro atoms. The van der Waals surface area contributed by atoms with E-state index in [1.54, 1.807) is 32.4 Å². The summed E-state index contributed by atoms with van der Waals surface area (Å²) in [5.41, 5.74) is -0.614. The first-order valence-corrected chi connectivity index (χ1v) is 19.8. The number of amides is 2. The molecule has 2 amide bonds. The van der Waals surface area contributed by atoms with E-state index in [0.29, 0.717) is 37.0 Å². The summed E-state index contributed by atoms with van der Waals surface area (Å²) in [6.45, 7) is 5.25. The molecular formula is C31H42FN9O12P2. The summed E-state index contributed by atoms with van der Waals surface area (Å²) in [5, 5.41) is 2.45. The zero-order valence-corrected chi connectivity index (χ0v) is 32.3. The third kappa shape index (κ3) is 10.0. The maximum absolute atomic E-state index is 14.8. The first kappa shape index (κ1) is 40.5. The van der Waals surface area contributed by atoms with Gasteiger partial charge in [-0.3, -0.25) is 23.3 Å². The zero-order chi connectivity index (χ0) is 39.4. The van der Waals surface area contributed by atoms with Gasteiger partial charge in [-0.1, -0.05) is 0 Å². The van der Waals surface area contributed by atoms with Crippen LogP contribution in [0, 0.1) is 5.82 Å². The standard InChI is InChI=1S/C31H42FN9O12P2/c1-31(2,3)52-30(44)39(4)9-5-6-21(42)38-25-24-27(35-14-33-25)41(16-37-24)22-8-7-17(50-22)12-49-55(47)53-20-10-18(13-48-54(45)46)51-29(20)40-11-19(32)23-26(40)34-15-36-28(23)43/h11,14-18,20,22,29,54-55H,5-10,12-13H2,1-4H3,(H,45,46)(H,34,36,43)(H,33,35,38,42)/t17?,18?,20-,22-,29-/m1/s1. The minimum Gasteiger partial charge on any atom is -0.444 e. The summed E-state index contributed by atoms with van der Waals surface area (Å²) in [4.78, 5) is 66.9. The molecule has 0 aromatic carbocycles. The lowest BCUT2D eigenvalue weighted by Gasteiger charge is -2.24. The molecule has 300 valence electrons. The largest absolute Gasteiger partial charge is 0.444 e. The smallest absolute Gasteiger partial charge is 0.410 e. The van der Waals surface area contributed by atoms with Crippen LogP contribution in [0.15, 0.2) is 30.0 Å². The molecule has 55 heavy (non-hydrogen) atoms. The minimum atomic E-state index is -3.28. The summed E-state index contributed by atoms with van der Waals surface area (Å²) < 4.78 is 75.5. The molecule has 2 fully saturated rings. The number of aromatic amines is 1. The number of H-pyrrole nitrogens is 1. The number of halogens is 1. The van der Waals surface area contributed by atoms with Gasteiger partial charge >= 0.3 is 22.6 Å². The lowest BCUT2D eigenvalue weighted by molar-refractivity contribution is -0.116. The predicted molar refractivity (Wildman–Crippen MR) is 191 cm³/mol. The molecule has 3 N–H and O–H groups in total. The molecule has 7 atom stereocenters. The molecule has 24 heteroatoms. The topological polar surface area (TPSA) is 253 Å². The van der Waals surface area contributed by atoms with Crippen LogP contribution in [0.1, 0.15) is 65.3 Å². The van der Waals surface area contributed by atoms with Crippen molar-refractivity contribution in [1.29, 1.82) is 0 Å². The van der Waals surface area contributed by atoms with E-state index in [4.69, 9.17) is 32.7 Å². The van der Waals surface area contributed by atoms with E-state index in [-0.39, 0.29) is 48.8 Å². The SMILES string of the molecule is CN(CCCC(=O)Nc1ncnc2c1ncn2[C@H]1CCC(CO[PH](=O)O[C@@H]2CC(CO[PH](=O)O)O[C@H]2n2cc(F)c3c(=O)[nH]cnc32)O1)C(=O)OC(C)(C)C. The second kappa shape index (κ2) is 17.3.